The SMILES string of the molecule is COc1cccc([C@@H](C)NCc2cn[nH]c2C)c1. The molecule has 1 aromatic heterocycles. The van der Waals surface area contributed by atoms with E-state index in [1.165, 1.54) is 11.1 Å². The van der Waals surface area contributed by atoms with Crippen LogP contribution in [0.2, 0.25) is 0 Å². The Morgan fingerprint density at radius 1 is 1.44 bits per heavy atom. The van der Waals surface area contributed by atoms with E-state index >= 15 is 0 Å². The van der Waals surface area contributed by atoms with Crippen LogP contribution in [-0.2, 0) is 6.54 Å². The minimum absolute atomic E-state index is 0.273. The van der Waals surface area contributed by atoms with E-state index in [2.05, 4.69) is 34.6 Å². The van der Waals surface area contributed by atoms with E-state index in [1.807, 2.05) is 25.3 Å². The minimum atomic E-state index is 0.273. The van der Waals surface area contributed by atoms with Crippen LogP contribution in [-0.4, -0.2) is 17.3 Å². The van der Waals surface area contributed by atoms with Crippen LogP contribution in [0.25, 0.3) is 0 Å². The van der Waals surface area contributed by atoms with Crippen molar-refractivity contribution in [2.75, 3.05) is 7.11 Å². The molecular weight excluding hydrogens is 226 g/mol. The van der Waals surface area contributed by atoms with Gasteiger partial charge in [-0.25, -0.2) is 0 Å². The Morgan fingerprint density at radius 3 is 2.94 bits per heavy atom. The Morgan fingerprint density at radius 2 is 2.28 bits per heavy atom. The standard InChI is InChI=1S/C14H19N3O/c1-10(12-5-4-6-14(7-12)18-3)15-8-13-9-16-17-11(13)2/h4-7,9-10,15H,8H2,1-3H3,(H,16,17)/t10-/m1/s1. The van der Waals surface area contributed by atoms with Gasteiger partial charge < -0.3 is 10.1 Å². The smallest absolute Gasteiger partial charge is 0.119 e. The highest BCUT2D eigenvalue weighted by Gasteiger charge is 2.07. The predicted molar refractivity (Wildman–Crippen MR) is 71.6 cm³/mol. The van der Waals surface area contributed by atoms with Gasteiger partial charge in [-0.05, 0) is 31.5 Å². The second-order valence-electron chi connectivity index (χ2n) is 4.40. The van der Waals surface area contributed by atoms with Crippen molar-refractivity contribution < 1.29 is 4.74 Å². The highest BCUT2D eigenvalue weighted by atomic mass is 16.5. The zero-order valence-corrected chi connectivity index (χ0v) is 11.0. The van der Waals surface area contributed by atoms with Crippen LogP contribution in [0.1, 0.15) is 29.8 Å². The molecular formula is C14H19N3O. The average Bonchev–Trinajstić information content (AvgIpc) is 2.81. The quantitative estimate of drug-likeness (QED) is 0.851. The molecule has 2 N–H and O–H groups in total. The molecule has 0 fully saturated rings. The third-order valence-corrected chi connectivity index (χ3v) is 3.13. The van der Waals surface area contributed by atoms with E-state index in [0.717, 1.165) is 18.0 Å². The molecule has 0 radical (unpaired) electrons. The first kappa shape index (κ1) is 12.6. The Bertz CT molecular complexity index is 507. The summed E-state index contributed by atoms with van der Waals surface area (Å²) in [5, 5.41) is 10.4. The Balaban J connectivity index is 1.99. The number of methoxy groups -OCH3 is 1. The lowest BCUT2D eigenvalue weighted by molar-refractivity contribution is 0.413. The van der Waals surface area contributed by atoms with Gasteiger partial charge >= 0.3 is 0 Å². The Labute approximate surface area is 107 Å². The molecule has 0 saturated heterocycles. The lowest BCUT2D eigenvalue weighted by Gasteiger charge is -2.14. The molecule has 1 atom stereocenters. The third-order valence-electron chi connectivity index (χ3n) is 3.13. The molecule has 0 spiro atoms. The number of H-pyrrole nitrogens is 1. The Hall–Kier alpha value is -1.81. The van der Waals surface area contributed by atoms with Crippen LogP contribution in [0.15, 0.2) is 30.5 Å². The molecule has 4 nitrogen and oxygen atoms in total. The van der Waals surface area contributed by atoms with Crippen molar-refractivity contribution in [2.24, 2.45) is 0 Å². The van der Waals surface area contributed by atoms with Crippen LogP contribution in [0.3, 0.4) is 0 Å². The number of hydrogen-bond donors (Lipinski definition) is 2. The monoisotopic (exact) mass is 245 g/mol. The number of rotatable bonds is 5. The summed E-state index contributed by atoms with van der Waals surface area (Å²) in [5.41, 5.74) is 3.53. The largest absolute Gasteiger partial charge is 0.497 e. The number of aromatic amines is 1. The summed E-state index contributed by atoms with van der Waals surface area (Å²) in [6.07, 6.45) is 1.86. The molecule has 96 valence electrons. The molecule has 0 amide bonds. The van der Waals surface area contributed by atoms with Gasteiger partial charge in [0.1, 0.15) is 5.75 Å². The summed E-state index contributed by atoms with van der Waals surface area (Å²) >= 11 is 0. The van der Waals surface area contributed by atoms with Crippen molar-refractivity contribution in [1.82, 2.24) is 15.5 Å². The summed E-state index contributed by atoms with van der Waals surface area (Å²) < 4.78 is 5.23. The lowest BCUT2D eigenvalue weighted by atomic mass is 10.1. The number of ether oxygens (including phenoxy) is 1. The van der Waals surface area contributed by atoms with E-state index in [1.54, 1.807) is 7.11 Å². The molecule has 4 heteroatoms. The van der Waals surface area contributed by atoms with Gasteiger partial charge in [0.2, 0.25) is 0 Å². The van der Waals surface area contributed by atoms with Crippen LogP contribution < -0.4 is 10.1 Å². The third kappa shape index (κ3) is 2.90. The molecule has 0 aliphatic heterocycles. The fourth-order valence-corrected chi connectivity index (χ4v) is 1.85. The number of hydrogen-bond acceptors (Lipinski definition) is 3. The van der Waals surface area contributed by atoms with Crippen molar-refractivity contribution in [1.29, 1.82) is 0 Å². The highest BCUT2D eigenvalue weighted by Crippen LogP contribution is 2.19. The first-order valence-corrected chi connectivity index (χ1v) is 6.07. The topological polar surface area (TPSA) is 49.9 Å². The number of nitrogens with zero attached hydrogens (tertiary/aromatic N) is 1. The highest BCUT2D eigenvalue weighted by molar-refractivity contribution is 5.30. The number of aromatic nitrogens is 2. The summed E-state index contributed by atoms with van der Waals surface area (Å²) in [7, 11) is 1.69. The van der Waals surface area contributed by atoms with E-state index < -0.39 is 0 Å². The van der Waals surface area contributed by atoms with Crippen molar-refractivity contribution in [2.45, 2.75) is 26.4 Å². The van der Waals surface area contributed by atoms with Gasteiger partial charge in [-0.1, -0.05) is 12.1 Å². The molecule has 0 saturated carbocycles. The average molecular weight is 245 g/mol. The van der Waals surface area contributed by atoms with E-state index in [9.17, 15) is 0 Å². The van der Waals surface area contributed by atoms with Crippen LogP contribution in [0, 0.1) is 6.92 Å². The first-order chi connectivity index (χ1) is 8.70. The minimum Gasteiger partial charge on any atom is -0.497 e. The van der Waals surface area contributed by atoms with Crippen molar-refractivity contribution in [3.63, 3.8) is 0 Å². The normalized spacial score (nSPS) is 12.4. The Kier molecular flexibility index (Phi) is 3.99. The fraction of sp³-hybridized carbons (Fsp3) is 0.357. The van der Waals surface area contributed by atoms with Crippen LogP contribution >= 0.6 is 0 Å². The maximum atomic E-state index is 5.23. The zero-order valence-electron chi connectivity index (χ0n) is 11.0. The van der Waals surface area contributed by atoms with Gasteiger partial charge in [0.05, 0.1) is 13.3 Å². The summed E-state index contributed by atoms with van der Waals surface area (Å²) in [5.74, 6) is 0.889. The predicted octanol–water partition coefficient (Wildman–Crippen LogP) is 2.58. The van der Waals surface area contributed by atoms with E-state index in [-0.39, 0.29) is 6.04 Å². The van der Waals surface area contributed by atoms with Crippen LogP contribution in [0.5, 0.6) is 5.75 Å². The summed E-state index contributed by atoms with van der Waals surface area (Å²) in [6, 6.07) is 8.39. The molecule has 0 aliphatic rings. The van der Waals surface area contributed by atoms with Gasteiger partial charge in [0, 0.05) is 23.8 Å². The molecule has 2 rings (SSSR count). The zero-order chi connectivity index (χ0) is 13.0. The second-order valence-corrected chi connectivity index (χ2v) is 4.40. The molecule has 2 aromatic rings. The fourth-order valence-electron chi connectivity index (χ4n) is 1.85. The van der Waals surface area contributed by atoms with Crippen molar-refractivity contribution >= 4 is 0 Å². The number of aryl methyl sites for hydroxylation is 1. The van der Waals surface area contributed by atoms with E-state index in [0.29, 0.717) is 0 Å². The maximum absolute atomic E-state index is 5.23. The molecule has 0 aliphatic carbocycles. The maximum Gasteiger partial charge on any atom is 0.119 e. The summed E-state index contributed by atoms with van der Waals surface area (Å²) in [6.45, 7) is 4.98. The molecule has 1 aromatic carbocycles. The van der Waals surface area contributed by atoms with Gasteiger partial charge in [-0.2, -0.15) is 5.10 Å². The van der Waals surface area contributed by atoms with Crippen LogP contribution in [0.4, 0.5) is 0 Å². The van der Waals surface area contributed by atoms with Gasteiger partial charge in [0.25, 0.3) is 0 Å². The number of nitrogens with one attached hydrogen (secondary N) is 2. The summed E-state index contributed by atoms with van der Waals surface area (Å²) in [4.78, 5) is 0. The number of benzene rings is 1. The van der Waals surface area contributed by atoms with Gasteiger partial charge in [-0.15, -0.1) is 0 Å². The van der Waals surface area contributed by atoms with E-state index in [4.69, 9.17) is 4.74 Å². The molecule has 1 heterocycles. The lowest BCUT2D eigenvalue weighted by Crippen LogP contribution is -2.18. The molecule has 0 unspecified atom stereocenters. The van der Waals surface area contributed by atoms with Crippen molar-refractivity contribution in [3.8, 4) is 5.75 Å². The van der Waals surface area contributed by atoms with Crippen molar-refractivity contribution in [3.05, 3.63) is 47.3 Å². The first-order valence-electron chi connectivity index (χ1n) is 6.07. The molecule has 18 heavy (non-hydrogen) atoms. The second kappa shape index (κ2) is 5.69. The molecule has 0 bridgehead atoms. The van der Waals surface area contributed by atoms with Gasteiger partial charge in [0.15, 0.2) is 0 Å². The van der Waals surface area contributed by atoms with Gasteiger partial charge in [-0.3, -0.25) is 5.10 Å².